The number of anilines is 2. The molecule has 2 aromatic heterocycles. The van der Waals surface area contributed by atoms with Crippen LogP contribution in [0.25, 0.3) is 5.95 Å². The minimum Gasteiger partial charge on any atom is -0.347 e. The summed E-state index contributed by atoms with van der Waals surface area (Å²) in [6.45, 7) is 1.72. The van der Waals surface area contributed by atoms with Crippen LogP contribution in [0, 0.1) is 0 Å². The number of hydrazine groups is 1. The fourth-order valence-corrected chi connectivity index (χ4v) is 1.63. The number of nitrogens with one attached hydrogen (secondary N) is 2. The lowest BCUT2D eigenvalue weighted by Gasteiger charge is -2.18. The van der Waals surface area contributed by atoms with Crippen molar-refractivity contribution in [3.63, 3.8) is 0 Å². The van der Waals surface area contributed by atoms with Gasteiger partial charge < -0.3 is 10.2 Å². The first kappa shape index (κ1) is 14.7. The van der Waals surface area contributed by atoms with Crippen LogP contribution in [0.15, 0.2) is 18.5 Å². The van der Waals surface area contributed by atoms with Gasteiger partial charge in [0.2, 0.25) is 17.8 Å². The summed E-state index contributed by atoms with van der Waals surface area (Å²) in [5, 5.41) is 6.95. The van der Waals surface area contributed by atoms with E-state index in [4.69, 9.17) is 5.84 Å². The van der Waals surface area contributed by atoms with Gasteiger partial charge in [0, 0.05) is 26.5 Å². The van der Waals surface area contributed by atoms with Crippen LogP contribution in [0.2, 0.25) is 0 Å². The van der Waals surface area contributed by atoms with Crippen molar-refractivity contribution in [2.75, 3.05) is 24.8 Å². The van der Waals surface area contributed by atoms with Gasteiger partial charge in [-0.3, -0.25) is 10.2 Å². The molecule has 2 heterocycles. The topological polar surface area (TPSA) is 127 Å². The van der Waals surface area contributed by atoms with Crippen LogP contribution in [-0.2, 0) is 4.79 Å². The molecule has 0 aliphatic heterocycles. The highest BCUT2D eigenvalue weighted by Gasteiger charge is 2.17. The maximum absolute atomic E-state index is 11.8. The molecule has 0 saturated carbocycles. The van der Waals surface area contributed by atoms with E-state index in [2.05, 4.69) is 30.8 Å². The van der Waals surface area contributed by atoms with Crippen molar-refractivity contribution in [3.05, 3.63) is 18.5 Å². The first-order chi connectivity index (χ1) is 10.0. The van der Waals surface area contributed by atoms with Crippen molar-refractivity contribution in [2.24, 2.45) is 5.84 Å². The summed E-state index contributed by atoms with van der Waals surface area (Å²) in [6.07, 6.45) is 3.29. The lowest BCUT2D eigenvalue weighted by atomic mass is 10.3. The molecular formula is C11H17N9O. The fourth-order valence-electron chi connectivity index (χ4n) is 1.63. The van der Waals surface area contributed by atoms with Crippen molar-refractivity contribution in [1.29, 1.82) is 0 Å². The molecule has 0 aliphatic rings. The molecule has 10 heteroatoms. The Morgan fingerprint density at radius 3 is 2.62 bits per heavy atom. The van der Waals surface area contributed by atoms with Crippen LogP contribution in [0.5, 0.6) is 0 Å². The number of amides is 1. The van der Waals surface area contributed by atoms with Crippen molar-refractivity contribution < 1.29 is 4.79 Å². The molecule has 21 heavy (non-hydrogen) atoms. The Morgan fingerprint density at radius 2 is 2.05 bits per heavy atom. The van der Waals surface area contributed by atoms with Crippen LogP contribution in [0.4, 0.5) is 11.9 Å². The predicted molar refractivity (Wildman–Crippen MR) is 76.5 cm³/mol. The molecule has 1 amide bonds. The van der Waals surface area contributed by atoms with Crippen molar-refractivity contribution >= 4 is 17.8 Å². The monoisotopic (exact) mass is 291 g/mol. The molecule has 1 unspecified atom stereocenters. The average Bonchev–Trinajstić information content (AvgIpc) is 3.00. The summed E-state index contributed by atoms with van der Waals surface area (Å²) in [4.78, 5) is 25.7. The lowest BCUT2D eigenvalue weighted by molar-refractivity contribution is -0.129. The van der Waals surface area contributed by atoms with Crippen LogP contribution in [0.1, 0.15) is 6.92 Å². The van der Waals surface area contributed by atoms with Crippen molar-refractivity contribution in [1.82, 2.24) is 29.6 Å². The summed E-state index contributed by atoms with van der Waals surface area (Å²) in [7, 11) is 3.35. The second-order valence-corrected chi connectivity index (χ2v) is 4.48. The van der Waals surface area contributed by atoms with Gasteiger partial charge in [-0.2, -0.15) is 20.1 Å². The molecule has 2 rings (SSSR count). The molecule has 10 nitrogen and oxygen atoms in total. The Hall–Kier alpha value is -2.75. The number of rotatable bonds is 5. The van der Waals surface area contributed by atoms with Gasteiger partial charge in [0.05, 0.1) is 0 Å². The van der Waals surface area contributed by atoms with Gasteiger partial charge >= 0.3 is 0 Å². The predicted octanol–water partition coefficient (Wildman–Crippen LogP) is -0.768. The van der Waals surface area contributed by atoms with Crippen LogP contribution >= 0.6 is 0 Å². The maximum atomic E-state index is 11.8. The quantitative estimate of drug-likeness (QED) is 0.484. The van der Waals surface area contributed by atoms with Gasteiger partial charge in [-0.25, -0.2) is 10.5 Å². The van der Waals surface area contributed by atoms with E-state index in [0.717, 1.165) is 0 Å². The molecule has 112 valence electrons. The van der Waals surface area contributed by atoms with Gasteiger partial charge in [-0.05, 0) is 13.0 Å². The number of carbonyl (C=O) groups excluding carboxylic acids is 1. The Balaban J connectivity index is 2.27. The third-order valence-electron chi connectivity index (χ3n) is 2.62. The number of hydrogen-bond donors (Lipinski definition) is 3. The first-order valence-electron chi connectivity index (χ1n) is 6.21. The number of hydrogen-bond acceptors (Lipinski definition) is 8. The summed E-state index contributed by atoms with van der Waals surface area (Å²) in [6, 6.07) is 1.25. The second kappa shape index (κ2) is 6.13. The van der Waals surface area contributed by atoms with Gasteiger partial charge in [0.1, 0.15) is 6.04 Å². The highest BCUT2D eigenvalue weighted by Crippen LogP contribution is 2.09. The van der Waals surface area contributed by atoms with E-state index in [1.807, 2.05) is 0 Å². The molecule has 0 fully saturated rings. The van der Waals surface area contributed by atoms with E-state index in [1.165, 1.54) is 9.58 Å². The molecule has 0 aromatic carbocycles. The number of aromatic nitrogens is 5. The highest BCUT2D eigenvalue weighted by atomic mass is 16.2. The van der Waals surface area contributed by atoms with E-state index in [-0.39, 0.29) is 23.8 Å². The Kier molecular flexibility index (Phi) is 4.28. The summed E-state index contributed by atoms with van der Waals surface area (Å²) in [5.41, 5.74) is 2.36. The highest BCUT2D eigenvalue weighted by molar-refractivity contribution is 5.83. The third kappa shape index (κ3) is 3.42. The van der Waals surface area contributed by atoms with E-state index >= 15 is 0 Å². The zero-order chi connectivity index (χ0) is 15.4. The standard InChI is InChI=1S/C11H17N9O/c1-7(8(21)19(2)3)14-9-15-10(18-12)17-11(16-9)20-6-4-5-13-20/h4-7H,12H2,1-3H3,(H2,14,15,16,17,18). The van der Waals surface area contributed by atoms with Gasteiger partial charge in [0.25, 0.3) is 5.95 Å². The molecule has 0 radical (unpaired) electrons. The van der Waals surface area contributed by atoms with E-state index in [0.29, 0.717) is 0 Å². The molecule has 1 atom stereocenters. The molecule has 0 bridgehead atoms. The van der Waals surface area contributed by atoms with Crippen molar-refractivity contribution in [3.8, 4) is 5.95 Å². The van der Waals surface area contributed by atoms with E-state index in [9.17, 15) is 4.79 Å². The summed E-state index contributed by atoms with van der Waals surface area (Å²) in [5.74, 6) is 5.93. The van der Waals surface area contributed by atoms with Crippen molar-refractivity contribution in [2.45, 2.75) is 13.0 Å². The van der Waals surface area contributed by atoms with E-state index < -0.39 is 6.04 Å². The van der Waals surface area contributed by atoms with E-state index in [1.54, 1.807) is 39.5 Å². The van der Waals surface area contributed by atoms with Gasteiger partial charge in [-0.15, -0.1) is 0 Å². The van der Waals surface area contributed by atoms with Crippen LogP contribution < -0.4 is 16.6 Å². The van der Waals surface area contributed by atoms with Gasteiger partial charge in [0.15, 0.2) is 0 Å². The average molecular weight is 291 g/mol. The SMILES string of the molecule is CC(Nc1nc(NN)nc(-n2cccn2)n1)C(=O)N(C)C. The zero-order valence-electron chi connectivity index (χ0n) is 12.0. The smallest absolute Gasteiger partial charge is 0.257 e. The number of carbonyl (C=O) groups is 1. The van der Waals surface area contributed by atoms with Crippen LogP contribution in [0.3, 0.4) is 0 Å². The Morgan fingerprint density at radius 1 is 1.33 bits per heavy atom. The molecule has 0 spiro atoms. The fraction of sp³-hybridized carbons (Fsp3) is 0.364. The number of likely N-dealkylation sites (N-methyl/N-ethyl adjacent to an activating group) is 1. The molecular weight excluding hydrogens is 274 g/mol. The Labute approximate surface area is 121 Å². The molecule has 2 aromatic rings. The number of nitrogens with zero attached hydrogens (tertiary/aromatic N) is 6. The largest absolute Gasteiger partial charge is 0.347 e. The number of nitrogen functional groups attached to an aromatic ring is 1. The van der Waals surface area contributed by atoms with Crippen LogP contribution in [-0.4, -0.2) is 55.7 Å². The minimum atomic E-state index is -0.488. The Bertz CT molecular complexity index is 610. The second-order valence-electron chi connectivity index (χ2n) is 4.48. The lowest BCUT2D eigenvalue weighted by Crippen LogP contribution is -2.37. The summed E-state index contributed by atoms with van der Waals surface area (Å²) < 4.78 is 1.46. The first-order valence-corrected chi connectivity index (χ1v) is 6.21. The molecule has 0 aliphatic carbocycles. The zero-order valence-corrected chi connectivity index (χ0v) is 12.0. The molecule has 0 saturated heterocycles. The normalized spacial score (nSPS) is 11.8. The minimum absolute atomic E-state index is 0.0988. The third-order valence-corrected chi connectivity index (χ3v) is 2.62. The molecule has 4 N–H and O–H groups in total. The maximum Gasteiger partial charge on any atom is 0.257 e. The number of nitrogens with two attached hydrogens (primary N) is 1. The summed E-state index contributed by atoms with van der Waals surface area (Å²) >= 11 is 0. The van der Waals surface area contributed by atoms with Gasteiger partial charge in [-0.1, -0.05) is 0 Å².